The van der Waals surface area contributed by atoms with E-state index in [1.807, 2.05) is 43.3 Å². The molecule has 0 spiro atoms. The first-order chi connectivity index (χ1) is 9.18. The Labute approximate surface area is 118 Å². The van der Waals surface area contributed by atoms with Crippen molar-refractivity contribution in [1.29, 1.82) is 0 Å². The van der Waals surface area contributed by atoms with Crippen molar-refractivity contribution < 1.29 is 0 Å². The van der Waals surface area contributed by atoms with Gasteiger partial charge in [0.15, 0.2) is 5.11 Å². The number of nitrogens with zero attached hydrogens (tertiary/aromatic N) is 1. The van der Waals surface area contributed by atoms with Crippen molar-refractivity contribution in [2.75, 3.05) is 0 Å². The van der Waals surface area contributed by atoms with Crippen LogP contribution < -0.4 is 11.2 Å². The number of hydrogen-bond acceptors (Lipinski definition) is 2. The van der Waals surface area contributed by atoms with Crippen molar-refractivity contribution in [3.8, 4) is 11.1 Å². The van der Waals surface area contributed by atoms with Gasteiger partial charge in [0.25, 0.3) is 0 Å². The second-order valence-corrected chi connectivity index (χ2v) is 4.52. The number of thiocarbonyl (C=S) groups is 1. The van der Waals surface area contributed by atoms with E-state index in [0.29, 0.717) is 0 Å². The molecule has 0 aliphatic heterocycles. The van der Waals surface area contributed by atoms with Crippen molar-refractivity contribution in [2.24, 2.45) is 10.8 Å². The van der Waals surface area contributed by atoms with Crippen molar-refractivity contribution in [1.82, 2.24) is 5.43 Å². The highest BCUT2D eigenvalue weighted by molar-refractivity contribution is 7.80. The summed E-state index contributed by atoms with van der Waals surface area (Å²) in [6.07, 6.45) is 0. The van der Waals surface area contributed by atoms with Crippen molar-refractivity contribution >= 4 is 23.0 Å². The van der Waals surface area contributed by atoms with Crippen molar-refractivity contribution in [3.05, 3.63) is 60.2 Å². The van der Waals surface area contributed by atoms with E-state index in [1.54, 1.807) is 0 Å². The van der Waals surface area contributed by atoms with Crippen LogP contribution in [0, 0.1) is 0 Å². The Kier molecular flexibility index (Phi) is 4.26. The van der Waals surface area contributed by atoms with Gasteiger partial charge in [-0.15, -0.1) is 0 Å². The molecule has 0 aliphatic rings. The van der Waals surface area contributed by atoms with Crippen LogP contribution in [0.2, 0.25) is 0 Å². The molecule has 2 aromatic rings. The Hall–Kier alpha value is -2.20. The lowest BCUT2D eigenvalue weighted by Crippen LogP contribution is -2.25. The summed E-state index contributed by atoms with van der Waals surface area (Å²) >= 11 is 4.75. The van der Waals surface area contributed by atoms with E-state index < -0.39 is 0 Å². The number of nitrogens with two attached hydrogens (primary N) is 1. The SMILES string of the molecule is CC(=NNC(N)=S)c1ccccc1-c1ccccc1. The number of benzene rings is 2. The summed E-state index contributed by atoms with van der Waals surface area (Å²) in [6, 6.07) is 18.3. The van der Waals surface area contributed by atoms with E-state index in [0.717, 1.165) is 22.4 Å². The number of hydrazone groups is 1. The second-order valence-electron chi connectivity index (χ2n) is 4.08. The van der Waals surface area contributed by atoms with Crippen LogP contribution in [0.5, 0.6) is 0 Å². The fourth-order valence-corrected chi connectivity index (χ4v) is 1.91. The van der Waals surface area contributed by atoms with Crippen LogP contribution >= 0.6 is 12.2 Å². The molecule has 3 N–H and O–H groups in total. The largest absolute Gasteiger partial charge is 0.375 e. The van der Waals surface area contributed by atoms with Gasteiger partial charge < -0.3 is 5.73 Å². The van der Waals surface area contributed by atoms with Crippen molar-refractivity contribution in [3.63, 3.8) is 0 Å². The molecule has 19 heavy (non-hydrogen) atoms. The predicted molar refractivity (Wildman–Crippen MR) is 84.0 cm³/mol. The van der Waals surface area contributed by atoms with Gasteiger partial charge in [-0.05, 0) is 30.3 Å². The molecule has 2 aromatic carbocycles. The Balaban J connectivity index is 2.42. The molecule has 4 heteroatoms. The smallest absolute Gasteiger partial charge is 0.184 e. The van der Waals surface area contributed by atoms with E-state index in [1.165, 1.54) is 0 Å². The number of hydrogen-bond donors (Lipinski definition) is 2. The Morgan fingerprint density at radius 3 is 2.37 bits per heavy atom. The second kappa shape index (κ2) is 6.11. The molecule has 0 saturated carbocycles. The average Bonchev–Trinajstić information content (AvgIpc) is 2.45. The molecular formula is C15H15N3S. The summed E-state index contributed by atoms with van der Waals surface area (Å²) in [5.74, 6) is 0. The van der Waals surface area contributed by atoms with Gasteiger partial charge in [-0.3, -0.25) is 5.43 Å². The zero-order chi connectivity index (χ0) is 13.7. The minimum Gasteiger partial charge on any atom is -0.375 e. The third-order valence-corrected chi connectivity index (χ3v) is 2.83. The fraction of sp³-hybridized carbons (Fsp3) is 0.0667. The van der Waals surface area contributed by atoms with E-state index in [4.69, 9.17) is 18.0 Å². The molecule has 0 aromatic heterocycles. The lowest BCUT2D eigenvalue weighted by molar-refractivity contribution is 1.03. The van der Waals surface area contributed by atoms with E-state index in [2.05, 4.69) is 28.7 Å². The van der Waals surface area contributed by atoms with Crippen LogP contribution in [0.1, 0.15) is 12.5 Å². The molecule has 2 rings (SSSR count). The third-order valence-electron chi connectivity index (χ3n) is 2.74. The van der Waals surface area contributed by atoms with E-state index in [-0.39, 0.29) is 5.11 Å². The highest BCUT2D eigenvalue weighted by atomic mass is 32.1. The van der Waals surface area contributed by atoms with Crippen molar-refractivity contribution in [2.45, 2.75) is 6.92 Å². The molecule has 0 unspecified atom stereocenters. The monoisotopic (exact) mass is 269 g/mol. The van der Waals surface area contributed by atoms with Gasteiger partial charge in [0.2, 0.25) is 0 Å². The summed E-state index contributed by atoms with van der Waals surface area (Å²) in [4.78, 5) is 0. The van der Waals surface area contributed by atoms with Crippen LogP contribution in [0.25, 0.3) is 11.1 Å². The van der Waals surface area contributed by atoms with E-state index >= 15 is 0 Å². The highest BCUT2D eigenvalue weighted by Gasteiger charge is 2.06. The molecular weight excluding hydrogens is 254 g/mol. The summed E-state index contributed by atoms with van der Waals surface area (Å²) in [7, 11) is 0. The molecule has 0 amide bonds. The van der Waals surface area contributed by atoms with Gasteiger partial charge in [0.05, 0.1) is 5.71 Å². The van der Waals surface area contributed by atoms with E-state index in [9.17, 15) is 0 Å². The van der Waals surface area contributed by atoms with Gasteiger partial charge >= 0.3 is 0 Å². The third kappa shape index (κ3) is 3.39. The molecule has 0 atom stereocenters. The molecule has 0 heterocycles. The maximum Gasteiger partial charge on any atom is 0.184 e. The Bertz CT molecular complexity index is 606. The Morgan fingerprint density at radius 1 is 1.05 bits per heavy atom. The van der Waals surface area contributed by atoms with Crippen LogP contribution in [-0.4, -0.2) is 10.8 Å². The minimum absolute atomic E-state index is 0.163. The summed E-state index contributed by atoms with van der Waals surface area (Å²) in [5.41, 5.74) is 12.2. The van der Waals surface area contributed by atoms with Crippen LogP contribution in [0.3, 0.4) is 0 Å². The minimum atomic E-state index is 0.163. The lowest BCUT2D eigenvalue weighted by atomic mass is 9.97. The summed E-state index contributed by atoms with van der Waals surface area (Å²) in [5, 5.41) is 4.34. The standard InChI is InChI=1S/C15H15N3S/c1-11(17-18-15(16)19)13-9-5-6-10-14(13)12-7-3-2-4-8-12/h2-10H,1H3,(H3,16,18,19). The number of rotatable bonds is 3. The lowest BCUT2D eigenvalue weighted by Gasteiger charge is -2.09. The maximum atomic E-state index is 5.38. The molecule has 0 saturated heterocycles. The quantitative estimate of drug-likeness (QED) is 0.512. The molecule has 0 aliphatic carbocycles. The first kappa shape index (κ1) is 13.2. The summed E-state index contributed by atoms with van der Waals surface area (Å²) in [6.45, 7) is 1.92. The topological polar surface area (TPSA) is 50.4 Å². The normalized spacial score (nSPS) is 11.1. The van der Waals surface area contributed by atoms with Gasteiger partial charge in [0, 0.05) is 5.56 Å². The predicted octanol–water partition coefficient (Wildman–Crippen LogP) is 2.91. The zero-order valence-electron chi connectivity index (χ0n) is 10.6. The summed E-state index contributed by atoms with van der Waals surface area (Å²) < 4.78 is 0. The van der Waals surface area contributed by atoms with Crippen LogP contribution in [0.4, 0.5) is 0 Å². The zero-order valence-corrected chi connectivity index (χ0v) is 11.4. The number of nitrogens with one attached hydrogen (secondary N) is 1. The highest BCUT2D eigenvalue weighted by Crippen LogP contribution is 2.23. The van der Waals surface area contributed by atoms with Gasteiger partial charge in [0.1, 0.15) is 0 Å². The van der Waals surface area contributed by atoms with Crippen LogP contribution in [0.15, 0.2) is 59.7 Å². The maximum absolute atomic E-state index is 5.38. The first-order valence-electron chi connectivity index (χ1n) is 5.93. The fourth-order valence-electron chi connectivity index (χ4n) is 1.87. The molecule has 0 bridgehead atoms. The van der Waals surface area contributed by atoms with Gasteiger partial charge in [-0.1, -0.05) is 54.6 Å². The first-order valence-corrected chi connectivity index (χ1v) is 6.34. The average molecular weight is 269 g/mol. The Morgan fingerprint density at radius 2 is 1.68 bits per heavy atom. The molecule has 3 nitrogen and oxygen atoms in total. The van der Waals surface area contributed by atoms with Crippen LogP contribution in [-0.2, 0) is 0 Å². The molecule has 0 fully saturated rings. The molecule has 0 radical (unpaired) electrons. The molecule has 96 valence electrons. The van der Waals surface area contributed by atoms with Gasteiger partial charge in [-0.25, -0.2) is 0 Å². The van der Waals surface area contributed by atoms with Gasteiger partial charge in [-0.2, -0.15) is 5.10 Å².